The molecular formula is C29H50O6Si. The Balaban J connectivity index is 1.89. The van der Waals surface area contributed by atoms with Crippen LogP contribution in [0.15, 0.2) is 30.3 Å². The Morgan fingerprint density at radius 1 is 0.944 bits per heavy atom. The standard InChI is InChI=1S/C29H50O6Si/c1-9-11-18-30-25-24-23(20-32-27(34-24)22-16-14-13-15-17-22)33-28(26(25)31-19-12-10-2)35-36(7,8)29(5,6)21(3)4/h13-17,21,23-28H,9-12,18-20H2,1-8H3/t23?,24-,25?,26-,27?,28-/m0/s1. The fraction of sp³-hybridized carbons (Fsp3) is 0.793. The molecule has 0 aromatic heterocycles. The van der Waals surface area contributed by atoms with Crippen molar-refractivity contribution in [2.24, 2.45) is 5.92 Å². The van der Waals surface area contributed by atoms with E-state index in [0.717, 1.165) is 31.2 Å². The minimum Gasteiger partial charge on any atom is -0.390 e. The molecule has 3 rings (SSSR count). The zero-order valence-electron chi connectivity index (χ0n) is 23.8. The van der Waals surface area contributed by atoms with Crippen molar-refractivity contribution in [3.63, 3.8) is 0 Å². The molecule has 0 N–H and O–H groups in total. The summed E-state index contributed by atoms with van der Waals surface area (Å²) in [6, 6.07) is 10.1. The predicted molar refractivity (Wildman–Crippen MR) is 145 cm³/mol. The van der Waals surface area contributed by atoms with E-state index in [1.807, 2.05) is 30.3 Å². The first-order valence-electron chi connectivity index (χ1n) is 14.0. The van der Waals surface area contributed by atoms with Gasteiger partial charge in [-0.3, -0.25) is 0 Å². The highest BCUT2D eigenvalue weighted by Gasteiger charge is 2.54. The highest BCUT2D eigenvalue weighted by Crippen LogP contribution is 2.46. The van der Waals surface area contributed by atoms with E-state index in [-0.39, 0.29) is 29.5 Å². The molecule has 0 spiro atoms. The largest absolute Gasteiger partial charge is 0.390 e. The Bertz CT molecular complexity index is 770. The minimum absolute atomic E-state index is 0.0533. The highest BCUT2D eigenvalue weighted by molar-refractivity contribution is 6.74. The molecule has 2 saturated heterocycles. The Morgan fingerprint density at radius 3 is 2.14 bits per heavy atom. The van der Waals surface area contributed by atoms with Crippen LogP contribution in [-0.4, -0.2) is 58.8 Å². The van der Waals surface area contributed by atoms with Crippen molar-refractivity contribution >= 4 is 8.32 Å². The first-order chi connectivity index (χ1) is 17.1. The lowest BCUT2D eigenvalue weighted by atomic mass is 9.97. The molecular weight excluding hydrogens is 472 g/mol. The molecule has 2 aliphatic heterocycles. The lowest BCUT2D eigenvalue weighted by Gasteiger charge is -2.52. The van der Waals surface area contributed by atoms with Crippen LogP contribution in [0.25, 0.3) is 0 Å². The van der Waals surface area contributed by atoms with Crippen molar-refractivity contribution in [1.82, 2.24) is 0 Å². The molecule has 0 saturated carbocycles. The van der Waals surface area contributed by atoms with Crippen LogP contribution in [0.3, 0.4) is 0 Å². The number of rotatable bonds is 13. The summed E-state index contributed by atoms with van der Waals surface area (Å²) in [5.74, 6) is 0.486. The molecule has 2 heterocycles. The number of unbranched alkanes of at least 4 members (excludes halogenated alkanes) is 2. The van der Waals surface area contributed by atoms with Crippen LogP contribution >= 0.6 is 0 Å². The highest BCUT2D eigenvalue weighted by atomic mass is 28.4. The second-order valence-corrected chi connectivity index (χ2v) is 16.1. The zero-order valence-corrected chi connectivity index (χ0v) is 24.8. The number of benzene rings is 1. The maximum Gasteiger partial charge on any atom is 0.196 e. The van der Waals surface area contributed by atoms with Crippen LogP contribution in [0.1, 0.15) is 79.1 Å². The van der Waals surface area contributed by atoms with Gasteiger partial charge in [0.15, 0.2) is 20.9 Å². The predicted octanol–water partition coefficient (Wildman–Crippen LogP) is 6.85. The van der Waals surface area contributed by atoms with Crippen molar-refractivity contribution < 1.29 is 28.1 Å². The molecule has 36 heavy (non-hydrogen) atoms. The van der Waals surface area contributed by atoms with Gasteiger partial charge in [0.25, 0.3) is 0 Å². The minimum atomic E-state index is -2.20. The maximum absolute atomic E-state index is 6.95. The topological polar surface area (TPSA) is 55.4 Å². The maximum atomic E-state index is 6.95. The Labute approximate surface area is 220 Å². The van der Waals surface area contributed by atoms with Crippen LogP contribution in [0.2, 0.25) is 18.1 Å². The van der Waals surface area contributed by atoms with E-state index < -0.39 is 20.9 Å². The third kappa shape index (κ3) is 6.98. The van der Waals surface area contributed by atoms with Gasteiger partial charge in [-0.2, -0.15) is 0 Å². The summed E-state index contributed by atoms with van der Waals surface area (Å²) < 4.78 is 39.3. The summed E-state index contributed by atoms with van der Waals surface area (Å²) in [5, 5.41) is 0.0533. The van der Waals surface area contributed by atoms with E-state index in [9.17, 15) is 0 Å². The van der Waals surface area contributed by atoms with E-state index >= 15 is 0 Å². The van der Waals surface area contributed by atoms with Crippen LogP contribution in [0.4, 0.5) is 0 Å². The summed E-state index contributed by atoms with van der Waals surface area (Å²) in [5.41, 5.74) is 0.998. The van der Waals surface area contributed by atoms with Gasteiger partial charge in [0.05, 0.1) is 6.61 Å². The van der Waals surface area contributed by atoms with Gasteiger partial charge in [0.1, 0.15) is 24.4 Å². The molecule has 6 nitrogen and oxygen atoms in total. The lowest BCUT2D eigenvalue weighted by molar-refractivity contribution is -0.361. The van der Waals surface area contributed by atoms with E-state index in [1.54, 1.807) is 0 Å². The number of hydrogen-bond donors (Lipinski definition) is 0. The van der Waals surface area contributed by atoms with Crippen LogP contribution in [-0.2, 0) is 28.1 Å². The second-order valence-electron chi connectivity index (χ2n) is 11.6. The third-order valence-electron chi connectivity index (χ3n) is 8.38. The molecule has 0 aliphatic carbocycles. The normalized spacial score (nSPS) is 29.4. The van der Waals surface area contributed by atoms with E-state index in [1.165, 1.54) is 0 Å². The quantitative estimate of drug-likeness (QED) is 0.208. The molecule has 0 amide bonds. The first-order valence-corrected chi connectivity index (χ1v) is 16.9. The number of hydrogen-bond acceptors (Lipinski definition) is 6. The van der Waals surface area contributed by atoms with Gasteiger partial charge < -0.3 is 28.1 Å². The fourth-order valence-electron chi connectivity index (χ4n) is 4.65. The molecule has 1 aromatic carbocycles. The average Bonchev–Trinajstić information content (AvgIpc) is 2.85. The molecule has 7 heteroatoms. The van der Waals surface area contributed by atoms with Crippen LogP contribution in [0.5, 0.6) is 0 Å². The Hall–Kier alpha value is -0.803. The summed E-state index contributed by atoms with van der Waals surface area (Å²) in [6.07, 6.45) is 1.90. The molecule has 0 radical (unpaired) electrons. The first kappa shape index (κ1) is 29.7. The SMILES string of the molecule is CCCCOC1[C@H]2OC(c3ccccc3)OCC2O[C@@H](O[Si](C)(C)C(C)(C)C(C)C)[C@H]1OCCCC. The summed E-state index contributed by atoms with van der Waals surface area (Å²) >= 11 is 0. The molecule has 0 bridgehead atoms. The number of fused-ring (bicyclic) bond motifs is 1. The van der Waals surface area contributed by atoms with Crippen molar-refractivity contribution in [2.75, 3.05) is 19.8 Å². The molecule has 6 atom stereocenters. The average molecular weight is 523 g/mol. The molecule has 1 aromatic rings. The van der Waals surface area contributed by atoms with Crippen molar-refractivity contribution in [3.05, 3.63) is 35.9 Å². The molecule has 206 valence electrons. The van der Waals surface area contributed by atoms with Crippen molar-refractivity contribution in [1.29, 1.82) is 0 Å². The fourth-order valence-corrected chi connectivity index (χ4v) is 7.12. The molecule has 2 fully saturated rings. The molecule has 3 unspecified atom stereocenters. The van der Waals surface area contributed by atoms with Gasteiger partial charge in [0, 0.05) is 18.8 Å². The van der Waals surface area contributed by atoms with Gasteiger partial charge in [-0.15, -0.1) is 0 Å². The van der Waals surface area contributed by atoms with Crippen molar-refractivity contribution in [2.45, 2.75) is 122 Å². The van der Waals surface area contributed by atoms with E-state index in [4.69, 9.17) is 28.1 Å². The Morgan fingerprint density at radius 2 is 1.56 bits per heavy atom. The van der Waals surface area contributed by atoms with E-state index in [0.29, 0.717) is 25.7 Å². The van der Waals surface area contributed by atoms with Crippen LogP contribution < -0.4 is 0 Å². The molecule has 2 aliphatic rings. The second kappa shape index (κ2) is 13.3. The van der Waals surface area contributed by atoms with Gasteiger partial charge in [-0.1, -0.05) is 84.7 Å². The summed E-state index contributed by atoms with van der Waals surface area (Å²) in [6.45, 7) is 19.8. The van der Waals surface area contributed by atoms with E-state index in [2.05, 4.69) is 54.6 Å². The summed E-state index contributed by atoms with van der Waals surface area (Å²) in [4.78, 5) is 0. The van der Waals surface area contributed by atoms with Gasteiger partial charge in [-0.25, -0.2) is 0 Å². The van der Waals surface area contributed by atoms with Gasteiger partial charge in [0.2, 0.25) is 0 Å². The smallest absolute Gasteiger partial charge is 0.196 e. The van der Waals surface area contributed by atoms with Crippen molar-refractivity contribution in [3.8, 4) is 0 Å². The van der Waals surface area contributed by atoms with Gasteiger partial charge in [-0.05, 0) is 36.9 Å². The summed E-state index contributed by atoms with van der Waals surface area (Å²) in [7, 11) is -2.20. The zero-order chi connectivity index (χ0) is 26.3. The Kier molecular flexibility index (Phi) is 11.0. The monoisotopic (exact) mass is 522 g/mol. The van der Waals surface area contributed by atoms with Gasteiger partial charge >= 0.3 is 0 Å². The third-order valence-corrected chi connectivity index (χ3v) is 12.9. The number of ether oxygens (including phenoxy) is 5. The lowest BCUT2D eigenvalue weighted by Crippen LogP contribution is -2.65. The van der Waals surface area contributed by atoms with Crippen LogP contribution in [0, 0.1) is 5.92 Å².